The number of anilines is 6. The molecule has 5 heteroatoms. The molecule has 0 fully saturated rings. The summed E-state index contributed by atoms with van der Waals surface area (Å²) >= 11 is 0. The summed E-state index contributed by atoms with van der Waals surface area (Å²) in [7, 11) is 0. The average Bonchev–Trinajstić information content (AvgIpc) is 3.49. The van der Waals surface area contributed by atoms with Gasteiger partial charge in [0.15, 0.2) is 0 Å². The number of rotatable bonds is 4. The van der Waals surface area contributed by atoms with E-state index in [1.165, 1.54) is 27.7 Å². The van der Waals surface area contributed by atoms with E-state index in [1.807, 2.05) is 12.1 Å². The number of nitrogens with zero attached hydrogens (tertiary/aromatic N) is 2. The molecule has 0 atom stereocenters. The second-order valence-electron chi connectivity index (χ2n) is 13.1. The van der Waals surface area contributed by atoms with E-state index in [-0.39, 0.29) is 6.71 Å². The van der Waals surface area contributed by atoms with Gasteiger partial charge in [0.05, 0.1) is 0 Å². The second kappa shape index (κ2) is 10.7. The highest BCUT2D eigenvalue weighted by atomic mass is 16.5. The lowest BCUT2D eigenvalue weighted by Gasteiger charge is -2.40. The molecule has 8 aromatic rings. The number of hydrogen-bond donors (Lipinski definition) is 0. The highest BCUT2D eigenvalue weighted by Gasteiger charge is 2.42. The fraction of sp³-hybridized carbons (Fsp3) is 0.0455. The predicted octanol–water partition coefficient (Wildman–Crippen LogP) is 10.1. The molecule has 7 aromatic carbocycles. The highest BCUT2D eigenvalue weighted by Crippen LogP contribution is 2.43. The number of furan rings is 1. The van der Waals surface area contributed by atoms with Crippen LogP contribution < -0.4 is 30.9 Å². The van der Waals surface area contributed by atoms with Crippen molar-refractivity contribution < 1.29 is 9.15 Å². The summed E-state index contributed by atoms with van der Waals surface area (Å²) in [5.41, 5.74) is 14.4. The molecule has 0 aliphatic carbocycles. The van der Waals surface area contributed by atoms with E-state index in [1.54, 1.807) is 0 Å². The van der Waals surface area contributed by atoms with Crippen LogP contribution >= 0.6 is 0 Å². The van der Waals surface area contributed by atoms with Crippen LogP contribution in [0.1, 0.15) is 11.1 Å². The molecule has 0 unspecified atom stereocenters. The summed E-state index contributed by atoms with van der Waals surface area (Å²) in [6.07, 6.45) is 0. The normalized spacial score (nSPS) is 12.8. The smallest absolute Gasteiger partial charge is 0.256 e. The lowest BCUT2D eigenvalue weighted by Crippen LogP contribution is -2.59. The third-order valence-corrected chi connectivity index (χ3v) is 10.0. The maximum Gasteiger partial charge on any atom is 0.256 e. The van der Waals surface area contributed by atoms with Gasteiger partial charge in [-0.2, -0.15) is 0 Å². The van der Waals surface area contributed by atoms with Crippen LogP contribution in [0.5, 0.6) is 11.5 Å². The van der Waals surface area contributed by atoms with Crippen molar-refractivity contribution in [3.63, 3.8) is 0 Å². The van der Waals surface area contributed by atoms with Gasteiger partial charge in [-0.15, -0.1) is 0 Å². The number of para-hydroxylation sites is 2. The van der Waals surface area contributed by atoms with Crippen molar-refractivity contribution in [2.45, 2.75) is 13.8 Å². The van der Waals surface area contributed by atoms with Crippen molar-refractivity contribution in [1.82, 2.24) is 0 Å². The molecular formula is C44H31BN2O2. The van der Waals surface area contributed by atoms with E-state index in [0.717, 1.165) is 67.3 Å². The molecule has 4 nitrogen and oxygen atoms in total. The summed E-state index contributed by atoms with van der Waals surface area (Å²) in [5.74, 6) is 1.77. The Bertz CT molecular complexity index is 2520. The monoisotopic (exact) mass is 630 g/mol. The summed E-state index contributed by atoms with van der Waals surface area (Å²) in [4.78, 5) is 4.64. The Kier molecular flexibility index (Phi) is 6.06. The molecule has 0 N–H and O–H groups in total. The predicted molar refractivity (Wildman–Crippen MR) is 204 cm³/mol. The molecule has 49 heavy (non-hydrogen) atoms. The van der Waals surface area contributed by atoms with Crippen molar-refractivity contribution in [2.75, 3.05) is 9.80 Å². The average molecular weight is 631 g/mol. The van der Waals surface area contributed by atoms with Gasteiger partial charge in [-0.1, -0.05) is 77.9 Å². The van der Waals surface area contributed by atoms with Crippen LogP contribution in [0.15, 0.2) is 156 Å². The zero-order valence-corrected chi connectivity index (χ0v) is 27.2. The number of fused-ring (bicyclic) bond motifs is 7. The standard InChI is InChI=1S/C44H31BN2O2/c1-28-16-19-32(20-17-28)47-38-23-18-29(2)24-36(38)45-37-27-42-35(26-43(37)48-40-15-9-14-39(47)44(40)45)34-22-21-33(25-41(34)49-42)46(30-10-5-3-6-11-30)31-12-7-4-8-13-31/h3-27H,1-2H3. The van der Waals surface area contributed by atoms with Gasteiger partial charge in [0.1, 0.15) is 22.7 Å². The maximum absolute atomic E-state index is 6.80. The van der Waals surface area contributed by atoms with Gasteiger partial charge in [0.25, 0.3) is 6.71 Å². The Morgan fingerprint density at radius 3 is 1.98 bits per heavy atom. The fourth-order valence-corrected chi connectivity index (χ4v) is 7.78. The van der Waals surface area contributed by atoms with Gasteiger partial charge in [-0.25, -0.2) is 0 Å². The van der Waals surface area contributed by atoms with Crippen molar-refractivity contribution in [1.29, 1.82) is 0 Å². The molecule has 2 aliphatic heterocycles. The first-order valence-corrected chi connectivity index (χ1v) is 16.8. The molecule has 1 aromatic heterocycles. The Morgan fingerprint density at radius 1 is 0.510 bits per heavy atom. The van der Waals surface area contributed by atoms with Crippen LogP contribution in [0, 0.1) is 13.8 Å². The van der Waals surface area contributed by atoms with E-state index in [0.29, 0.717) is 0 Å². The minimum atomic E-state index is 0.00590. The molecule has 0 radical (unpaired) electrons. The van der Waals surface area contributed by atoms with Crippen molar-refractivity contribution in [3.8, 4) is 11.5 Å². The summed E-state index contributed by atoms with van der Waals surface area (Å²) in [6.45, 7) is 4.31. The minimum absolute atomic E-state index is 0.00590. The Balaban J connectivity index is 1.15. The lowest BCUT2D eigenvalue weighted by atomic mass is 9.34. The van der Waals surface area contributed by atoms with Gasteiger partial charge < -0.3 is 19.0 Å². The number of aryl methyl sites for hydroxylation is 2. The van der Waals surface area contributed by atoms with Crippen LogP contribution in [0.4, 0.5) is 34.1 Å². The van der Waals surface area contributed by atoms with Gasteiger partial charge in [0, 0.05) is 51.0 Å². The molecule has 232 valence electrons. The highest BCUT2D eigenvalue weighted by molar-refractivity contribution is 6.99. The van der Waals surface area contributed by atoms with E-state index >= 15 is 0 Å². The van der Waals surface area contributed by atoms with Crippen LogP contribution in [-0.4, -0.2) is 6.71 Å². The van der Waals surface area contributed by atoms with Crippen molar-refractivity contribution in [3.05, 3.63) is 163 Å². The Hall–Kier alpha value is -6.20. The van der Waals surface area contributed by atoms with Crippen molar-refractivity contribution in [2.24, 2.45) is 0 Å². The van der Waals surface area contributed by atoms with Gasteiger partial charge in [0.2, 0.25) is 0 Å². The molecule has 0 amide bonds. The second-order valence-corrected chi connectivity index (χ2v) is 13.1. The van der Waals surface area contributed by atoms with Crippen LogP contribution in [0.25, 0.3) is 21.9 Å². The minimum Gasteiger partial charge on any atom is -0.458 e. The van der Waals surface area contributed by atoms with Gasteiger partial charge >= 0.3 is 0 Å². The number of hydrogen-bond acceptors (Lipinski definition) is 4. The molecule has 0 saturated carbocycles. The number of ether oxygens (including phenoxy) is 1. The summed E-state index contributed by atoms with van der Waals surface area (Å²) in [5, 5.41) is 2.11. The third-order valence-electron chi connectivity index (χ3n) is 10.0. The summed E-state index contributed by atoms with van der Waals surface area (Å²) < 4.78 is 13.5. The Morgan fingerprint density at radius 2 is 1.22 bits per heavy atom. The van der Waals surface area contributed by atoms with Crippen LogP contribution in [0.3, 0.4) is 0 Å². The topological polar surface area (TPSA) is 28.9 Å². The van der Waals surface area contributed by atoms with Crippen LogP contribution in [-0.2, 0) is 0 Å². The largest absolute Gasteiger partial charge is 0.458 e. The third kappa shape index (κ3) is 4.32. The first-order valence-electron chi connectivity index (χ1n) is 16.8. The molecule has 0 saturated heterocycles. The first-order chi connectivity index (χ1) is 24.1. The van der Waals surface area contributed by atoms with E-state index in [2.05, 4.69) is 163 Å². The first kappa shape index (κ1) is 27.9. The Labute approximate surface area is 285 Å². The molecule has 2 aliphatic rings. The quantitative estimate of drug-likeness (QED) is 0.181. The molecular weight excluding hydrogens is 599 g/mol. The molecule has 3 heterocycles. The fourth-order valence-electron chi connectivity index (χ4n) is 7.78. The van der Waals surface area contributed by atoms with Gasteiger partial charge in [-0.3, -0.25) is 0 Å². The van der Waals surface area contributed by atoms with Crippen LogP contribution in [0.2, 0.25) is 0 Å². The molecule has 10 rings (SSSR count). The lowest BCUT2D eigenvalue weighted by molar-refractivity contribution is 0.488. The SMILES string of the molecule is Cc1ccc(N2c3ccc(C)cc3B3c4cc5oc6cc(N(c7ccccc7)c7ccccc7)ccc6c5cc4Oc4cccc2c43)cc1. The zero-order chi connectivity index (χ0) is 32.6. The van der Waals surface area contributed by atoms with E-state index in [9.17, 15) is 0 Å². The molecule has 0 bridgehead atoms. The van der Waals surface area contributed by atoms with E-state index < -0.39 is 0 Å². The zero-order valence-electron chi connectivity index (χ0n) is 27.2. The number of benzene rings is 7. The molecule has 0 spiro atoms. The van der Waals surface area contributed by atoms with E-state index in [4.69, 9.17) is 9.15 Å². The van der Waals surface area contributed by atoms with Crippen molar-refractivity contribution >= 4 is 79.2 Å². The van der Waals surface area contributed by atoms with Gasteiger partial charge in [-0.05, 0) is 109 Å². The summed E-state index contributed by atoms with van der Waals surface area (Å²) in [6, 6.07) is 53.9. The maximum atomic E-state index is 6.80.